The van der Waals surface area contributed by atoms with Crippen molar-refractivity contribution in [2.45, 2.75) is 13.8 Å². The molecule has 31 heavy (non-hydrogen) atoms. The van der Waals surface area contributed by atoms with E-state index in [4.69, 9.17) is 9.47 Å². The minimum Gasteiger partial charge on any atom is -0.502 e. The van der Waals surface area contributed by atoms with Crippen LogP contribution in [-0.2, 0) is 4.57 Å². The van der Waals surface area contributed by atoms with Crippen molar-refractivity contribution in [2.75, 3.05) is 54.3 Å². The number of rotatable bonds is 9. The van der Waals surface area contributed by atoms with Crippen molar-refractivity contribution in [3.63, 3.8) is 0 Å². The molecule has 0 atom stereocenters. The average Bonchev–Trinajstić information content (AvgIpc) is 2.70. The summed E-state index contributed by atoms with van der Waals surface area (Å²) < 4.78 is 28.0. The Labute approximate surface area is 184 Å². The van der Waals surface area contributed by atoms with Crippen molar-refractivity contribution >= 4 is 19.5 Å². The first-order valence-electron chi connectivity index (χ1n) is 9.70. The monoisotopic (exact) mass is 449 g/mol. The molecule has 1 aromatic carbocycles. The minimum absolute atomic E-state index is 0.0890. The van der Waals surface area contributed by atoms with E-state index in [2.05, 4.69) is 15.3 Å². The van der Waals surface area contributed by atoms with Gasteiger partial charge in [0.1, 0.15) is 0 Å². The van der Waals surface area contributed by atoms with E-state index < -0.39 is 7.44 Å². The summed E-state index contributed by atoms with van der Waals surface area (Å²) in [6, 6.07) is 5.23. The van der Waals surface area contributed by atoms with E-state index in [-0.39, 0.29) is 23.8 Å². The van der Waals surface area contributed by atoms with E-state index in [1.165, 1.54) is 14.2 Å². The molecule has 0 unspecified atom stereocenters. The Morgan fingerprint density at radius 3 is 1.94 bits per heavy atom. The molecule has 0 aliphatic rings. The normalized spacial score (nSPS) is 12.4. The third kappa shape index (κ3) is 5.55. The largest absolute Gasteiger partial charge is 0.502 e. The van der Waals surface area contributed by atoms with Crippen LogP contribution in [0.15, 0.2) is 23.5 Å². The van der Waals surface area contributed by atoms with Crippen LogP contribution in [0, 0.1) is 13.8 Å². The molecule has 10 heteroatoms. The highest BCUT2D eigenvalue weighted by Gasteiger charge is 2.33. The van der Waals surface area contributed by atoms with Gasteiger partial charge in [0.2, 0.25) is 19.1 Å². The number of anilines is 1. The fourth-order valence-corrected chi connectivity index (χ4v) is 5.62. The Bertz CT molecular complexity index is 950. The summed E-state index contributed by atoms with van der Waals surface area (Å²) in [5.74, 6) is 0.905. The standard InChI is InChI=1S/C21H32N5O4P/c1-14-9-15(2)24-21(23-14)22-13-17(31(28,25(3)4)26(5)6)10-16-11-18(29-7)20(27)19(12-16)30-8/h9-12,27H,13H2,1-8H3,(H,22,23,24). The average molecular weight is 449 g/mol. The molecule has 1 aromatic heterocycles. The van der Waals surface area contributed by atoms with Gasteiger partial charge < -0.3 is 19.9 Å². The maximum absolute atomic E-state index is 14.0. The highest BCUT2D eigenvalue weighted by molar-refractivity contribution is 7.63. The lowest BCUT2D eigenvalue weighted by molar-refractivity contribution is 0.340. The number of hydrogen-bond acceptors (Lipinski definition) is 7. The van der Waals surface area contributed by atoms with Crippen molar-refractivity contribution in [1.29, 1.82) is 0 Å². The van der Waals surface area contributed by atoms with Crippen molar-refractivity contribution in [3.05, 3.63) is 40.5 Å². The molecule has 9 nitrogen and oxygen atoms in total. The fraction of sp³-hybridized carbons (Fsp3) is 0.429. The van der Waals surface area contributed by atoms with Gasteiger partial charge in [-0.1, -0.05) is 0 Å². The molecule has 0 saturated heterocycles. The van der Waals surface area contributed by atoms with Gasteiger partial charge >= 0.3 is 0 Å². The zero-order valence-electron chi connectivity index (χ0n) is 19.4. The lowest BCUT2D eigenvalue weighted by atomic mass is 10.1. The van der Waals surface area contributed by atoms with Crippen LogP contribution >= 0.6 is 7.44 Å². The zero-order chi connectivity index (χ0) is 23.3. The molecular formula is C21H32N5O4P. The third-order valence-corrected chi connectivity index (χ3v) is 7.91. The van der Waals surface area contributed by atoms with Gasteiger partial charge in [0, 0.05) is 23.2 Å². The number of aromatic nitrogens is 2. The molecule has 0 bridgehead atoms. The van der Waals surface area contributed by atoms with Gasteiger partial charge in [0.15, 0.2) is 11.5 Å². The zero-order valence-corrected chi connectivity index (χ0v) is 20.3. The van der Waals surface area contributed by atoms with Crippen LogP contribution in [0.25, 0.3) is 6.08 Å². The number of nitrogens with one attached hydrogen (secondary N) is 1. The molecule has 2 N–H and O–H groups in total. The first-order chi connectivity index (χ1) is 14.5. The highest BCUT2D eigenvalue weighted by Crippen LogP contribution is 2.57. The molecule has 2 rings (SSSR count). The first kappa shape index (κ1) is 24.7. The molecule has 0 aliphatic heterocycles. The second-order valence-corrected chi connectivity index (χ2v) is 10.7. The van der Waals surface area contributed by atoms with E-state index in [1.807, 2.05) is 19.9 Å². The van der Waals surface area contributed by atoms with Crippen LogP contribution < -0.4 is 14.8 Å². The number of aromatic hydroxyl groups is 1. The summed E-state index contributed by atoms with van der Waals surface area (Å²) >= 11 is 0. The molecule has 0 spiro atoms. The Kier molecular flexibility index (Phi) is 8.06. The Balaban J connectivity index is 2.58. The van der Waals surface area contributed by atoms with Crippen molar-refractivity contribution in [1.82, 2.24) is 19.3 Å². The van der Waals surface area contributed by atoms with E-state index in [0.717, 1.165) is 11.4 Å². The van der Waals surface area contributed by atoms with E-state index in [1.54, 1.807) is 55.7 Å². The van der Waals surface area contributed by atoms with Crippen LogP contribution in [0.4, 0.5) is 5.95 Å². The molecule has 170 valence electrons. The van der Waals surface area contributed by atoms with Gasteiger partial charge in [-0.25, -0.2) is 19.3 Å². The molecule has 2 aromatic rings. The van der Waals surface area contributed by atoms with Gasteiger partial charge in [-0.15, -0.1) is 0 Å². The predicted octanol–water partition coefficient (Wildman–Crippen LogP) is 3.59. The van der Waals surface area contributed by atoms with E-state index >= 15 is 0 Å². The molecular weight excluding hydrogens is 417 g/mol. The molecule has 0 amide bonds. The third-order valence-electron chi connectivity index (χ3n) is 4.70. The van der Waals surface area contributed by atoms with E-state index in [9.17, 15) is 9.67 Å². The smallest absolute Gasteiger partial charge is 0.242 e. The molecule has 0 aliphatic carbocycles. The summed E-state index contributed by atoms with van der Waals surface area (Å²) in [5.41, 5.74) is 2.36. The molecule has 0 saturated carbocycles. The van der Waals surface area contributed by atoms with Gasteiger partial charge in [0.25, 0.3) is 0 Å². The van der Waals surface area contributed by atoms with Crippen LogP contribution in [0.1, 0.15) is 17.0 Å². The number of benzene rings is 1. The van der Waals surface area contributed by atoms with Gasteiger partial charge in [0.05, 0.1) is 14.2 Å². The second-order valence-electron chi connectivity index (χ2n) is 7.48. The molecule has 0 fully saturated rings. The number of nitrogens with zero attached hydrogens (tertiary/aromatic N) is 4. The van der Waals surface area contributed by atoms with Crippen molar-refractivity contribution < 1.29 is 19.1 Å². The van der Waals surface area contributed by atoms with Gasteiger partial charge in [-0.2, -0.15) is 0 Å². The topological polar surface area (TPSA) is 100 Å². The number of hydrogen-bond donors (Lipinski definition) is 2. The van der Waals surface area contributed by atoms with Gasteiger partial charge in [-0.05, 0) is 71.9 Å². The van der Waals surface area contributed by atoms with Crippen LogP contribution in [0.5, 0.6) is 17.2 Å². The second kappa shape index (κ2) is 10.1. The number of methoxy groups -OCH3 is 2. The summed E-state index contributed by atoms with van der Waals surface area (Å²) in [4.78, 5) is 8.82. The summed E-state index contributed by atoms with van der Waals surface area (Å²) in [6.07, 6.45) is 1.81. The summed E-state index contributed by atoms with van der Waals surface area (Å²) in [5, 5.41) is 14.0. The van der Waals surface area contributed by atoms with Crippen molar-refractivity contribution in [3.8, 4) is 17.2 Å². The predicted molar refractivity (Wildman–Crippen MR) is 124 cm³/mol. The SMILES string of the molecule is COc1cc(C=C(CNc2nc(C)cc(C)n2)P(=O)(N(C)C)N(C)C)cc(OC)c1O. The van der Waals surface area contributed by atoms with Crippen molar-refractivity contribution in [2.24, 2.45) is 0 Å². The number of phenolic OH excluding ortho intramolecular Hbond substituents is 1. The van der Waals surface area contributed by atoms with E-state index in [0.29, 0.717) is 16.8 Å². The minimum atomic E-state index is -3.09. The Morgan fingerprint density at radius 2 is 1.52 bits per heavy atom. The maximum atomic E-state index is 14.0. The van der Waals surface area contributed by atoms with Crippen LogP contribution in [0.2, 0.25) is 0 Å². The first-order valence-corrected chi connectivity index (χ1v) is 11.3. The lowest BCUT2D eigenvalue weighted by Gasteiger charge is -2.33. The Hall–Kier alpha value is -2.61. The quantitative estimate of drug-likeness (QED) is 0.556. The molecule has 1 heterocycles. The maximum Gasteiger partial charge on any atom is 0.242 e. The Morgan fingerprint density at radius 1 is 1.03 bits per heavy atom. The van der Waals surface area contributed by atoms with Crippen LogP contribution in [-0.4, -0.2) is 73.4 Å². The molecule has 0 radical (unpaired) electrons. The number of phenols is 1. The number of aryl methyl sites for hydroxylation is 2. The van der Waals surface area contributed by atoms with Gasteiger partial charge in [-0.3, -0.25) is 4.57 Å². The highest BCUT2D eigenvalue weighted by atomic mass is 31.2. The lowest BCUT2D eigenvalue weighted by Crippen LogP contribution is -2.25. The number of ether oxygens (including phenoxy) is 2. The fourth-order valence-electron chi connectivity index (χ4n) is 3.27. The summed E-state index contributed by atoms with van der Waals surface area (Å²) in [6.45, 7) is 4.05. The summed E-state index contributed by atoms with van der Waals surface area (Å²) in [7, 11) is 6.95. The van der Waals surface area contributed by atoms with Crippen LogP contribution in [0.3, 0.4) is 0 Å².